The maximum Gasteiger partial charge on any atom is 0.276 e. The van der Waals surface area contributed by atoms with Gasteiger partial charge >= 0.3 is 0 Å². The van der Waals surface area contributed by atoms with Gasteiger partial charge in [-0.3, -0.25) is 9.20 Å². The number of halogens is 1. The lowest BCUT2D eigenvalue weighted by atomic mass is 10.3. The summed E-state index contributed by atoms with van der Waals surface area (Å²) in [5, 5.41) is 0. The number of benzene rings is 1. The highest BCUT2D eigenvalue weighted by Gasteiger charge is 2.10. The van der Waals surface area contributed by atoms with E-state index in [4.69, 9.17) is 4.74 Å². The smallest absolute Gasteiger partial charge is 0.276 e. The van der Waals surface area contributed by atoms with Crippen molar-refractivity contribution in [2.75, 3.05) is 6.61 Å². The number of hydrogen-bond donors (Lipinski definition) is 0. The SMILES string of the molecule is Cc1nc(C)n2ccn(CCOc3ccc(F)cc3)c(=O)c12. The number of rotatable bonds is 4. The molecule has 0 spiro atoms. The highest BCUT2D eigenvalue weighted by Crippen LogP contribution is 2.11. The van der Waals surface area contributed by atoms with Crippen LogP contribution in [0.2, 0.25) is 0 Å². The van der Waals surface area contributed by atoms with Crippen molar-refractivity contribution in [3.05, 3.63) is 64.3 Å². The van der Waals surface area contributed by atoms with Crippen molar-refractivity contribution in [2.24, 2.45) is 0 Å². The molecule has 3 rings (SSSR count). The highest BCUT2D eigenvalue weighted by atomic mass is 19.1. The lowest BCUT2D eigenvalue weighted by Gasteiger charge is -2.09. The summed E-state index contributed by atoms with van der Waals surface area (Å²) in [5.41, 5.74) is 1.21. The Morgan fingerprint density at radius 1 is 1.18 bits per heavy atom. The van der Waals surface area contributed by atoms with Gasteiger partial charge in [0.2, 0.25) is 0 Å². The normalized spacial score (nSPS) is 11.0. The summed E-state index contributed by atoms with van der Waals surface area (Å²) in [6, 6.07) is 5.80. The van der Waals surface area contributed by atoms with Crippen LogP contribution in [0.3, 0.4) is 0 Å². The first-order valence-corrected chi connectivity index (χ1v) is 6.99. The molecule has 0 bridgehead atoms. The molecule has 0 unspecified atom stereocenters. The average Bonchev–Trinajstić information content (AvgIpc) is 2.79. The summed E-state index contributed by atoms with van der Waals surface area (Å²) in [7, 11) is 0. The number of nitrogens with zero attached hydrogens (tertiary/aromatic N) is 3. The Bertz CT molecular complexity index is 865. The van der Waals surface area contributed by atoms with Gasteiger partial charge in [0.05, 0.1) is 12.2 Å². The van der Waals surface area contributed by atoms with E-state index in [0.717, 1.165) is 11.5 Å². The molecule has 114 valence electrons. The van der Waals surface area contributed by atoms with Gasteiger partial charge < -0.3 is 9.30 Å². The second kappa shape index (κ2) is 5.63. The predicted molar refractivity (Wildman–Crippen MR) is 80.8 cm³/mol. The minimum atomic E-state index is -0.305. The number of imidazole rings is 1. The van der Waals surface area contributed by atoms with Crippen LogP contribution in [0.5, 0.6) is 5.75 Å². The monoisotopic (exact) mass is 301 g/mol. The Labute approximate surface area is 126 Å². The zero-order chi connectivity index (χ0) is 15.7. The zero-order valence-electron chi connectivity index (χ0n) is 12.4. The minimum Gasteiger partial charge on any atom is -0.492 e. The Balaban J connectivity index is 1.77. The number of hydrogen-bond acceptors (Lipinski definition) is 3. The molecule has 0 aliphatic rings. The van der Waals surface area contributed by atoms with E-state index in [2.05, 4.69) is 4.98 Å². The van der Waals surface area contributed by atoms with E-state index in [1.165, 1.54) is 12.1 Å². The molecule has 0 saturated heterocycles. The standard InChI is InChI=1S/C16H16FN3O2/c1-11-15-16(21)19(7-8-20(15)12(2)18-11)9-10-22-14-5-3-13(17)4-6-14/h3-8H,9-10H2,1-2H3. The van der Waals surface area contributed by atoms with E-state index < -0.39 is 0 Å². The molecule has 0 fully saturated rings. The van der Waals surface area contributed by atoms with Crippen LogP contribution >= 0.6 is 0 Å². The van der Waals surface area contributed by atoms with Crippen LogP contribution in [0.1, 0.15) is 11.5 Å². The van der Waals surface area contributed by atoms with Crippen LogP contribution in [-0.4, -0.2) is 20.6 Å². The Kier molecular flexibility index (Phi) is 3.66. The Hall–Kier alpha value is -2.63. The molecule has 3 aromatic rings. The van der Waals surface area contributed by atoms with Crippen molar-refractivity contribution in [2.45, 2.75) is 20.4 Å². The third kappa shape index (κ3) is 2.59. The number of fused-ring (bicyclic) bond motifs is 1. The molecule has 0 saturated carbocycles. The van der Waals surface area contributed by atoms with Gasteiger partial charge in [-0.1, -0.05) is 0 Å². The third-order valence-electron chi connectivity index (χ3n) is 3.54. The topological polar surface area (TPSA) is 48.5 Å². The molecule has 0 atom stereocenters. The molecule has 2 heterocycles. The van der Waals surface area contributed by atoms with Gasteiger partial charge in [0.1, 0.15) is 29.5 Å². The van der Waals surface area contributed by atoms with Crippen LogP contribution < -0.4 is 10.3 Å². The third-order valence-corrected chi connectivity index (χ3v) is 3.54. The van der Waals surface area contributed by atoms with Gasteiger partial charge in [0.15, 0.2) is 0 Å². The summed E-state index contributed by atoms with van der Waals surface area (Å²) in [5.74, 6) is 1.06. The molecule has 1 aromatic carbocycles. The zero-order valence-corrected chi connectivity index (χ0v) is 12.4. The largest absolute Gasteiger partial charge is 0.492 e. The highest BCUT2D eigenvalue weighted by molar-refractivity contribution is 5.50. The minimum absolute atomic E-state index is 0.0942. The first-order valence-electron chi connectivity index (χ1n) is 6.99. The molecule has 0 N–H and O–H groups in total. The first-order chi connectivity index (χ1) is 10.6. The Morgan fingerprint density at radius 2 is 1.91 bits per heavy atom. The van der Waals surface area contributed by atoms with E-state index in [0.29, 0.717) is 24.4 Å². The molecule has 0 radical (unpaired) electrons. The summed E-state index contributed by atoms with van der Waals surface area (Å²) >= 11 is 0. The van der Waals surface area contributed by atoms with Crippen molar-refractivity contribution in [3.63, 3.8) is 0 Å². The van der Waals surface area contributed by atoms with Crippen LogP contribution in [0.25, 0.3) is 5.52 Å². The van der Waals surface area contributed by atoms with Crippen LogP contribution in [0, 0.1) is 19.7 Å². The summed E-state index contributed by atoms with van der Waals surface area (Å²) in [6.07, 6.45) is 3.54. The quantitative estimate of drug-likeness (QED) is 0.743. The van der Waals surface area contributed by atoms with Crippen molar-refractivity contribution in [1.82, 2.24) is 14.0 Å². The van der Waals surface area contributed by atoms with E-state index in [-0.39, 0.29) is 11.4 Å². The van der Waals surface area contributed by atoms with Crippen molar-refractivity contribution < 1.29 is 9.13 Å². The molecule has 2 aromatic heterocycles. The number of aromatic nitrogens is 3. The van der Waals surface area contributed by atoms with Crippen LogP contribution in [-0.2, 0) is 6.54 Å². The van der Waals surface area contributed by atoms with Crippen LogP contribution in [0.4, 0.5) is 4.39 Å². The van der Waals surface area contributed by atoms with Gasteiger partial charge in [-0.05, 0) is 38.1 Å². The molecule has 0 aliphatic heterocycles. The second-order valence-corrected chi connectivity index (χ2v) is 5.06. The maximum absolute atomic E-state index is 12.8. The summed E-state index contributed by atoms with van der Waals surface area (Å²) in [4.78, 5) is 16.8. The fourth-order valence-corrected chi connectivity index (χ4v) is 2.45. The average molecular weight is 301 g/mol. The van der Waals surface area contributed by atoms with E-state index in [9.17, 15) is 9.18 Å². The van der Waals surface area contributed by atoms with E-state index in [1.54, 1.807) is 27.3 Å². The van der Waals surface area contributed by atoms with E-state index in [1.807, 2.05) is 20.0 Å². The molecule has 6 heteroatoms. The van der Waals surface area contributed by atoms with E-state index >= 15 is 0 Å². The van der Waals surface area contributed by atoms with Gasteiger partial charge in [-0.25, -0.2) is 9.37 Å². The van der Waals surface area contributed by atoms with Gasteiger partial charge in [-0.2, -0.15) is 0 Å². The number of ether oxygens (including phenoxy) is 1. The molecule has 0 aliphatic carbocycles. The fraction of sp³-hybridized carbons (Fsp3) is 0.250. The molecule has 5 nitrogen and oxygen atoms in total. The van der Waals surface area contributed by atoms with Gasteiger partial charge in [0, 0.05) is 12.4 Å². The van der Waals surface area contributed by atoms with Gasteiger partial charge in [-0.15, -0.1) is 0 Å². The van der Waals surface area contributed by atoms with Crippen molar-refractivity contribution >= 4 is 5.52 Å². The molecular formula is C16H16FN3O2. The van der Waals surface area contributed by atoms with Crippen LogP contribution in [0.15, 0.2) is 41.5 Å². The van der Waals surface area contributed by atoms with Crippen molar-refractivity contribution in [3.8, 4) is 5.75 Å². The second-order valence-electron chi connectivity index (χ2n) is 5.06. The predicted octanol–water partition coefficient (Wildman–Crippen LogP) is 2.33. The molecule has 22 heavy (non-hydrogen) atoms. The van der Waals surface area contributed by atoms with Gasteiger partial charge in [0.25, 0.3) is 5.56 Å². The lowest BCUT2D eigenvalue weighted by Crippen LogP contribution is -2.24. The van der Waals surface area contributed by atoms with Crippen molar-refractivity contribution in [1.29, 1.82) is 0 Å². The molecule has 0 amide bonds. The number of aryl methyl sites for hydroxylation is 2. The fourth-order valence-electron chi connectivity index (χ4n) is 2.45. The first kappa shape index (κ1) is 14.3. The molecular weight excluding hydrogens is 285 g/mol. The maximum atomic E-state index is 12.8. The summed E-state index contributed by atoms with van der Waals surface area (Å²) in [6.45, 7) is 4.43. The Morgan fingerprint density at radius 3 is 2.64 bits per heavy atom. The lowest BCUT2D eigenvalue weighted by molar-refractivity contribution is 0.296. The summed E-state index contributed by atoms with van der Waals surface area (Å²) < 4.78 is 21.7.